The van der Waals surface area contributed by atoms with E-state index in [-0.39, 0.29) is 6.54 Å². The number of hydrogen-bond acceptors (Lipinski definition) is 3. The summed E-state index contributed by atoms with van der Waals surface area (Å²) in [7, 11) is 0. The lowest BCUT2D eigenvalue weighted by molar-refractivity contribution is 0.0241. The van der Waals surface area contributed by atoms with Gasteiger partial charge in [0.05, 0.1) is 6.54 Å². The summed E-state index contributed by atoms with van der Waals surface area (Å²) in [5.41, 5.74) is 0.0317. The van der Waals surface area contributed by atoms with E-state index in [0.717, 1.165) is 4.47 Å². The smallest absolute Gasteiger partial charge is 0.410 e. The van der Waals surface area contributed by atoms with Crippen LogP contribution in [0.15, 0.2) is 22.7 Å². The Labute approximate surface area is 143 Å². The highest BCUT2D eigenvalue weighted by molar-refractivity contribution is 9.10. The predicted molar refractivity (Wildman–Crippen MR) is 88.0 cm³/mol. The Bertz CT molecular complexity index is 533. The summed E-state index contributed by atoms with van der Waals surface area (Å²) in [4.78, 5) is 13.7. The molecule has 1 amide bonds. The number of alkyl halides is 2. The number of hydrogen-bond donors (Lipinski definition) is 0. The van der Waals surface area contributed by atoms with Crippen molar-refractivity contribution < 1.29 is 23.0 Å². The van der Waals surface area contributed by atoms with E-state index in [1.165, 1.54) is 4.90 Å². The lowest BCUT2D eigenvalue weighted by Gasteiger charge is -2.27. The fraction of sp³-hybridized carbons (Fsp3) is 0.562. The number of halogens is 3. The van der Waals surface area contributed by atoms with Gasteiger partial charge >= 0.3 is 6.09 Å². The van der Waals surface area contributed by atoms with Crippen molar-refractivity contribution in [2.75, 3.05) is 13.2 Å². The number of ether oxygens (including phenoxy) is 2. The molecule has 0 fully saturated rings. The second-order valence-electron chi connectivity index (χ2n) is 5.95. The molecule has 0 heterocycles. The standard InChI is InChI=1S/C16H22BrF2NO3/c1-5-20(15(21)23-16(2,3)4)9-11-8-12(17)6-7-13(11)22-10-14(18)19/h6-8,14H,5,9-10H2,1-4H3. The zero-order chi connectivity index (χ0) is 17.6. The minimum atomic E-state index is -2.56. The topological polar surface area (TPSA) is 38.8 Å². The average Bonchev–Trinajstić information content (AvgIpc) is 2.41. The van der Waals surface area contributed by atoms with Gasteiger partial charge in [-0.1, -0.05) is 15.9 Å². The molecule has 0 aliphatic rings. The molecule has 0 N–H and O–H groups in total. The van der Waals surface area contributed by atoms with Crippen LogP contribution in [0.2, 0.25) is 0 Å². The molecule has 0 aromatic heterocycles. The van der Waals surface area contributed by atoms with E-state index in [1.807, 2.05) is 6.92 Å². The maximum atomic E-state index is 12.4. The van der Waals surface area contributed by atoms with Gasteiger partial charge in [-0.2, -0.15) is 0 Å². The van der Waals surface area contributed by atoms with Crippen molar-refractivity contribution in [3.05, 3.63) is 28.2 Å². The molecule has 0 bridgehead atoms. The summed E-state index contributed by atoms with van der Waals surface area (Å²) in [6.45, 7) is 7.13. The molecule has 0 atom stereocenters. The van der Waals surface area contributed by atoms with E-state index in [1.54, 1.807) is 39.0 Å². The van der Waals surface area contributed by atoms with Gasteiger partial charge in [0.25, 0.3) is 6.43 Å². The van der Waals surface area contributed by atoms with Gasteiger partial charge in [0.2, 0.25) is 0 Å². The van der Waals surface area contributed by atoms with Crippen LogP contribution in [0.4, 0.5) is 13.6 Å². The van der Waals surface area contributed by atoms with Crippen LogP contribution in [0.3, 0.4) is 0 Å². The Morgan fingerprint density at radius 3 is 2.52 bits per heavy atom. The Morgan fingerprint density at radius 2 is 2.00 bits per heavy atom. The average molecular weight is 394 g/mol. The molecule has 4 nitrogen and oxygen atoms in total. The third-order valence-electron chi connectivity index (χ3n) is 2.78. The maximum absolute atomic E-state index is 12.4. The highest BCUT2D eigenvalue weighted by Crippen LogP contribution is 2.25. The summed E-state index contributed by atoms with van der Waals surface area (Å²) in [5.74, 6) is 0.329. The Hall–Kier alpha value is -1.37. The Kier molecular flexibility index (Phi) is 7.25. The third kappa shape index (κ3) is 7.16. The summed E-state index contributed by atoms with van der Waals surface area (Å²) in [5, 5.41) is 0. The van der Waals surface area contributed by atoms with Crippen molar-refractivity contribution in [3.8, 4) is 5.75 Å². The molecule has 0 radical (unpaired) electrons. The number of carbonyl (C=O) groups excluding carboxylic acids is 1. The van der Waals surface area contributed by atoms with Crippen LogP contribution in [-0.4, -0.2) is 36.2 Å². The summed E-state index contributed by atoms with van der Waals surface area (Å²) in [6, 6.07) is 5.05. The molecule has 1 aromatic carbocycles. The van der Waals surface area contributed by atoms with E-state index in [9.17, 15) is 13.6 Å². The third-order valence-corrected chi connectivity index (χ3v) is 3.28. The number of carbonyl (C=O) groups is 1. The van der Waals surface area contributed by atoms with Gasteiger partial charge in [-0.3, -0.25) is 0 Å². The lowest BCUT2D eigenvalue weighted by atomic mass is 10.2. The van der Waals surface area contributed by atoms with Crippen LogP contribution < -0.4 is 4.74 Å². The van der Waals surface area contributed by atoms with Gasteiger partial charge in [-0.25, -0.2) is 13.6 Å². The second kappa shape index (κ2) is 8.47. The fourth-order valence-electron chi connectivity index (χ4n) is 1.80. The largest absolute Gasteiger partial charge is 0.487 e. The highest BCUT2D eigenvalue weighted by Gasteiger charge is 2.22. The Morgan fingerprint density at radius 1 is 1.35 bits per heavy atom. The van der Waals surface area contributed by atoms with Gasteiger partial charge in [0, 0.05) is 16.6 Å². The van der Waals surface area contributed by atoms with Gasteiger partial charge in [-0.15, -0.1) is 0 Å². The first kappa shape index (κ1) is 19.7. The van der Waals surface area contributed by atoms with E-state index >= 15 is 0 Å². The van der Waals surface area contributed by atoms with Crippen LogP contribution in [0, 0.1) is 0 Å². The van der Waals surface area contributed by atoms with Gasteiger partial charge in [-0.05, 0) is 45.9 Å². The molecule has 1 rings (SSSR count). The van der Waals surface area contributed by atoms with Crippen molar-refractivity contribution >= 4 is 22.0 Å². The second-order valence-corrected chi connectivity index (χ2v) is 6.86. The molecule has 7 heteroatoms. The lowest BCUT2D eigenvalue weighted by Crippen LogP contribution is -2.36. The zero-order valence-corrected chi connectivity index (χ0v) is 15.3. The molecule has 0 saturated heterocycles. The van der Waals surface area contributed by atoms with Gasteiger partial charge < -0.3 is 14.4 Å². The van der Waals surface area contributed by atoms with Crippen LogP contribution >= 0.6 is 15.9 Å². The first-order valence-electron chi connectivity index (χ1n) is 7.29. The molecule has 0 unspecified atom stereocenters. The molecule has 23 heavy (non-hydrogen) atoms. The molecule has 0 spiro atoms. The van der Waals surface area contributed by atoms with Crippen LogP contribution in [0.5, 0.6) is 5.75 Å². The first-order valence-corrected chi connectivity index (χ1v) is 8.09. The van der Waals surface area contributed by atoms with E-state index < -0.39 is 24.7 Å². The SMILES string of the molecule is CCN(Cc1cc(Br)ccc1OCC(F)F)C(=O)OC(C)(C)C. The first-order chi connectivity index (χ1) is 10.6. The van der Waals surface area contributed by atoms with Crippen molar-refractivity contribution in [1.82, 2.24) is 4.90 Å². The minimum Gasteiger partial charge on any atom is -0.487 e. The van der Waals surface area contributed by atoms with E-state index in [2.05, 4.69) is 15.9 Å². The number of nitrogens with zero attached hydrogens (tertiary/aromatic N) is 1. The predicted octanol–water partition coefficient (Wildman–Crippen LogP) is 4.85. The molecule has 0 aliphatic heterocycles. The highest BCUT2D eigenvalue weighted by atomic mass is 79.9. The molecular formula is C16H22BrF2NO3. The quantitative estimate of drug-likeness (QED) is 0.693. The number of amides is 1. The van der Waals surface area contributed by atoms with Crippen molar-refractivity contribution in [3.63, 3.8) is 0 Å². The molecular weight excluding hydrogens is 372 g/mol. The molecule has 1 aromatic rings. The summed E-state index contributed by atoms with van der Waals surface area (Å²) >= 11 is 3.34. The summed E-state index contributed by atoms with van der Waals surface area (Å²) < 4.78 is 36.0. The maximum Gasteiger partial charge on any atom is 0.410 e. The number of benzene rings is 1. The zero-order valence-electron chi connectivity index (χ0n) is 13.7. The normalized spacial score (nSPS) is 11.5. The van der Waals surface area contributed by atoms with Gasteiger partial charge in [0.15, 0.2) is 0 Å². The van der Waals surface area contributed by atoms with E-state index in [4.69, 9.17) is 9.47 Å². The van der Waals surface area contributed by atoms with Crippen molar-refractivity contribution in [1.29, 1.82) is 0 Å². The minimum absolute atomic E-state index is 0.212. The molecule has 0 aliphatic carbocycles. The summed E-state index contributed by atoms with van der Waals surface area (Å²) in [6.07, 6.45) is -3.01. The molecule has 130 valence electrons. The molecule has 0 saturated carbocycles. The number of rotatable bonds is 6. The fourth-order valence-corrected chi connectivity index (χ4v) is 2.21. The Balaban J connectivity index is 2.91. The van der Waals surface area contributed by atoms with Crippen LogP contribution in [0.1, 0.15) is 33.3 Å². The van der Waals surface area contributed by atoms with Crippen molar-refractivity contribution in [2.45, 2.75) is 46.3 Å². The van der Waals surface area contributed by atoms with Crippen LogP contribution in [-0.2, 0) is 11.3 Å². The monoisotopic (exact) mass is 393 g/mol. The van der Waals surface area contributed by atoms with Crippen LogP contribution in [0.25, 0.3) is 0 Å². The van der Waals surface area contributed by atoms with E-state index in [0.29, 0.717) is 17.9 Å². The van der Waals surface area contributed by atoms with Crippen molar-refractivity contribution in [2.24, 2.45) is 0 Å². The van der Waals surface area contributed by atoms with Gasteiger partial charge in [0.1, 0.15) is 18.0 Å².